The van der Waals surface area contributed by atoms with Crippen molar-refractivity contribution in [3.8, 4) is 33.9 Å². The number of hydrazone groups is 1. The molecular weight excluding hydrogens is 490 g/mol. The van der Waals surface area contributed by atoms with E-state index in [0.717, 1.165) is 45.6 Å². The summed E-state index contributed by atoms with van der Waals surface area (Å²) >= 11 is 1.61. The largest absolute Gasteiger partial charge is 0.497 e. The Hall–Kier alpha value is -4.42. The molecule has 2 heterocycles. The quantitative estimate of drug-likeness (QED) is 0.221. The minimum absolute atomic E-state index is 0.0393. The maximum Gasteiger partial charge on any atom is 0.207 e. The summed E-state index contributed by atoms with van der Waals surface area (Å²) < 4.78 is 10.7. The molecule has 0 spiro atoms. The second-order valence-corrected chi connectivity index (χ2v) is 9.91. The van der Waals surface area contributed by atoms with E-state index in [1.807, 2.05) is 30.3 Å². The molecule has 0 radical (unpaired) electrons. The van der Waals surface area contributed by atoms with Gasteiger partial charge in [-0.25, -0.2) is 9.99 Å². The van der Waals surface area contributed by atoms with Gasteiger partial charge in [0, 0.05) is 17.4 Å². The second kappa shape index (κ2) is 10.5. The first kappa shape index (κ1) is 23.9. The van der Waals surface area contributed by atoms with Crippen LogP contribution >= 0.6 is 11.3 Å². The predicted molar refractivity (Wildman–Crippen MR) is 155 cm³/mol. The van der Waals surface area contributed by atoms with Gasteiger partial charge < -0.3 is 9.47 Å². The van der Waals surface area contributed by atoms with E-state index < -0.39 is 0 Å². The van der Waals surface area contributed by atoms with Crippen molar-refractivity contribution >= 4 is 22.2 Å². The van der Waals surface area contributed by atoms with Crippen LogP contribution in [0.2, 0.25) is 0 Å². The van der Waals surface area contributed by atoms with Gasteiger partial charge in [0.15, 0.2) is 0 Å². The number of hydrogen-bond acceptors (Lipinski definition) is 6. The van der Waals surface area contributed by atoms with E-state index in [1.54, 1.807) is 25.6 Å². The third kappa shape index (κ3) is 4.78. The summed E-state index contributed by atoms with van der Waals surface area (Å²) in [5.74, 6) is 1.67. The average Bonchev–Trinajstić information content (AvgIpc) is 3.66. The second-order valence-electron chi connectivity index (χ2n) is 9.07. The van der Waals surface area contributed by atoms with Crippen molar-refractivity contribution < 1.29 is 9.47 Å². The maximum atomic E-state index is 5.38. The monoisotopic (exact) mass is 517 g/mol. The number of thiazole rings is 1. The van der Waals surface area contributed by atoms with Crippen LogP contribution in [0.5, 0.6) is 11.5 Å². The molecule has 1 aliphatic rings. The first-order chi connectivity index (χ1) is 18.7. The molecular formula is C32H27N3O2S. The van der Waals surface area contributed by atoms with E-state index in [4.69, 9.17) is 19.6 Å². The van der Waals surface area contributed by atoms with Gasteiger partial charge in [0.05, 0.1) is 31.7 Å². The first-order valence-electron chi connectivity index (χ1n) is 12.5. The van der Waals surface area contributed by atoms with E-state index in [9.17, 15) is 0 Å². The van der Waals surface area contributed by atoms with Gasteiger partial charge in [-0.3, -0.25) is 0 Å². The van der Waals surface area contributed by atoms with Gasteiger partial charge in [0.25, 0.3) is 0 Å². The fourth-order valence-corrected chi connectivity index (χ4v) is 5.53. The molecule has 6 rings (SSSR count). The van der Waals surface area contributed by atoms with Crippen LogP contribution in [0, 0.1) is 0 Å². The van der Waals surface area contributed by atoms with Gasteiger partial charge in [-0.2, -0.15) is 5.10 Å². The van der Waals surface area contributed by atoms with E-state index in [1.165, 1.54) is 16.7 Å². The maximum absolute atomic E-state index is 5.38. The minimum atomic E-state index is 0.0393. The fraction of sp³-hybridized carbons (Fsp3) is 0.125. The first-order valence-corrected chi connectivity index (χ1v) is 13.4. The Labute approximate surface area is 226 Å². The molecule has 5 aromatic rings. The lowest BCUT2D eigenvalue weighted by Crippen LogP contribution is -2.18. The third-order valence-electron chi connectivity index (χ3n) is 6.81. The van der Waals surface area contributed by atoms with E-state index in [2.05, 4.69) is 83.2 Å². The van der Waals surface area contributed by atoms with Crippen molar-refractivity contribution in [3.63, 3.8) is 0 Å². The smallest absolute Gasteiger partial charge is 0.207 e. The Kier molecular flexibility index (Phi) is 6.63. The van der Waals surface area contributed by atoms with Gasteiger partial charge >= 0.3 is 0 Å². The molecule has 0 aliphatic carbocycles. The summed E-state index contributed by atoms with van der Waals surface area (Å²) in [6, 6.07) is 35.3. The molecule has 0 unspecified atom stereocenters. The van der Waals surface area contributed by atoms with E-state index >= 15 is 0 Å². The van der Waals surface area contributed by atoms with Crippen LogP contribution in [0.3, 0.4) is 0 Å². The zero-order valence-electron chi connectivity index (χ0n) is 21.2. The molecule has 38 heavy (non-hydrogen) atoms. The number of aromatic nitrogens is 1. The van der Waals surface area contributed by atoms with Crippen molar-refractivity contribution in [2.75, 3.05) is 19.2 Å². The molecule has 0 N–H and O–H groups in total. The van der Waals surface area contributed by atoms with Crippen LogP contribution in [0.4, 0.5) is 5.13 Å². The number of anilines is 1. The normalized spacial score (nSPS) is 14.8. The molecule has 4 aromatic carbocycles. The highest BCUT2D eigenvalue weighted by molar-refractivity contribution is 7.14. The molecule has 1 aliphatic heterocycles. The van der Waals surface area contributed by atoms with Crippen LogP contribution in [0.15, 0.2) is 114 Å². The van der Waals surface area contributed by atoms with Gasteiger partial charge in [-0.05, 0) is 58.7 Å². The number of nitrogens with zero attached hydrogens (tertiary/aromatic N) is 3. The van der Waals surface area contributed by atoms with Crippen LogP contribution in [-0.2, 0) is 0 Å². The topological polar surface area (TPSA) is 47.0 Å². The van der Waals surface area contributed by atoms with Gasteiger partial charge in [0.2, 0.25) is 5.13 Å². The molecule has 0 saturated carbocycles. The summed E-state index contributed by atoms with van der Waals surface area (Å²) in [6.45, 7) is 0. The predicted octanol–water partition coefficient (Wildman–Crippen LogP) is 7.85. The summed E-state index contributed by atoms with van der Waals surface area (Å²) in [4.78, 5) is 5.02. The Morgan fingerprint density at radius 2 is 1.26 bits per heavy atom. The highest BCUT2D eigenvalue weighted by atomic mass is 32.1. The Balaban J connectivity index is 1.32. The molecule has 5 nitrogen and oxygen atoms in total. The number of benzene rings is 4. The van der Waals surface area contributed by atoms with Crippen molar-refractivity contribution in [2.45, 2.75) is 12.5 Å². The number of ether oxygens (including phenoxy) is 2. The van der Waals surface area contributed by atoms with E-state index in [0.29, 0.717) is 0 Å². The zero-order chi connectivity index (χ0) is 25.9. The molecule has 1 atom stereocenters. The summed E-state index contributed by atoms with van der Waals surface area (Å²) in [7, 11) is 3.37. The van der Waals surface area contributed by atoms with Gasteiger partial charge in [-0.15, -0.1) is 11.3 Å². The lowest BCUT2D eigenvalue weighted by atomic mass is 9.98. The van der Waals surface area contributed by atoms with Crippen molar-refractivity contribution in [1.82, 2.24) is 4.98 Å². The summed E-state index contributed by atoms with van der Waals surface area (Å²) in [6.07, 6.45) is 0.777. The molecule has 0 fully saturated rings. The summed E-state index contributed by atoms with van der Waals surface area (Å²) in [5, 5.41) is 10.1. The van der Waals surface area contributed by atoms with E-state index in [-0.39, 0.29) is 6.04 Å². The molecule has 6 heteroatoms. The van der Waals surface area contributed by atoms with Crippen LogP contribution < -0.4 is 14.5 Å². The SMILES string of the molecule is COc1ccc(C2=NN(c3nc(-c4ccc(-c5ccccc5)cc4)cs3)[C@H](c3ccc(OC)cc3)C2)cc1. The molecule has 188 valence electrons. The Morgan fingerprint density at radius 1 is 0.684 bits per heavy atom. The van der Waals surface area contributed by atoms with Crippen LogP contribution in [-0.4, -0.2) is 24.9 Å². The Bertz CT molecular complexity index is 1540. The molecule has 0 saturated heterocycles. The van der Waals surface area contributed by atoms with Crippen molar-refractivity contribution in [1.29, 1.82) is 0 Å². The number of methoxy groups -OCH3 is 2. The van der Waals surface area contributed by atoms with Crippen LogP contribution in [0.25, 0.3) is 22.4 Å². The van der Waals surface area contributed by atoms with Gasteiger partial charge in [-0.1, -0.05) is 66.7 Å². The van der Waals surface area contributed by atoms with Gasteiger partial charge in [0.1, 0.15) is 11.5 Å². The lowest BCUT2D eigenvalue weighted by Gasteiger charge is -2.21. The Morgan fingerprint density at radius 3 is 1.92 bits per heavy atom. The van der Waals surface area contributed by atoms with Crippen molar-refractivity contribution in [3.05, 3.63) is 120 Å². The van der Waals surface area contributed by atoms with Crippen molar-refractivity contribution in [2.24, 2.45) is 5.10 Å². The third-order valence-corrected chi connectivity index (χ3v) is 7.64. The summed E-state index contributed by atoms with van der Waals surface area (Å²) in [5.41, 5.74) is 7.72. The van der Waals surface area contributed by atoms with Crippen LogP contribution in [0.1, 0.15) is 23.6 Å². The number of rotatable bonds is 7. The molecule has 0 amide bonds. The minimum Gasteiger partial charge on any atom is -0.497 e. The standard InChI is InChI=1S/C32H27N3O2S/c1-36-27-16-12-24(13-17-27)29-20-31(26-14-18-28(37-2)19-15-26)35(34-29)32-33-30(21-38-32)25-10-8-23(9-11-25)22-6-4-3-5-7-22/h3-19,21,31H,20H2,1-2H3/t31-/m0/s1. The molecule has 0 bridgehead atoms. The zero-order valence-corrected chi connectivity index (χ0v) is 22.1. The highest BCUT2D eigenvalue weighted by Gasteiger charge is 2.32. The number of hydrogen-bond donors (Lipinski definition) is 0. The average molecular weight is 518 g/mol. The highest BCUT2D eigenvalue weighted by Crippen LogP contribution is 2.40. The fourth-order valence-electron chi connectivity index (χ4n) is 4.70. The molecule has 1 aromatic heterocycles. The lowest BCUT2D eigenvalue weighted by molar-refractivity contribution is 0.414.